The molecule has 1 aliphatic rings. The van der Waals surface area contributed by atoms with E-state index in [9.17, 15) is 0 Å². The van der Waals surface area contributed by atoms with Gasteiger partial charge >= 0.3 is 0 Å². The van der Waals surface area contributed by atoms with Crippen LogP contribution in [0, 0.1) is 6.92 Å². The van der Waals surface area contributed by atoms with E-state index in [0.717, 1.165) is 55.3 Å². The minimum atomic E-state index is 0. The number of nitrogen functional groups attached to an aromatic ring is 2. The summed E-state index contributed by atoms with van der Waals surface area (Å²) in [6.45, 7) is 6.45. The zero-order valence-corrected chi connectivity index (χ0v) is 20.7. The molecule has 0 amide bonds. The summed E-state index contributed by atoms with van der Waals surface area (Å²) in [5.41, 5.74) is 15.7. The SMILES string of the molecule is Cc1nc(N)nc(N)c1N1CCN(c2ccc(C=NOCCCOc3ccccc3)cc2)CC1.Cl. The number of hydrogen-bond donors (Lipinski definition) is 2. The summed E-state index contributed by atoms with van der Waals surface area (Å²) in [6.07, 6.45) is 2.50. The number of rotatable bonds is 9. The second-order valence-corrected chi connectivity index (χ2v) is 8.05. The zero-order chi connectivity index (χ0) is 23.8. The summed E-state index contributed by atoms with van der Waals surface area (Å²) in [5.74, 6) is 1.52. The van der Waals surface area contributed by atoms with Gasteiger partial charge in [-0.15, -0.1) is 12.4 Å². The summed E-state index contributed by atoms with van der Waals surface area (Å²) >= 11 is 0. The van der Waals surface area contributed by atoms with Gasteiger partial charge in [-0.25, -0.2) is 4.98 Å². The van der Waals surface area contributed by atoms with Crippen molar-refractivity contribution in [2.45, 2.75) is 13.3 Å². The molecule has 0 radical (unpaired) electrons. The Morgan fingerprint density at radius 2 is 1.60 bits per heavy atom. The Balaban J connectivity index is 0.00000342. The number of para-hydroxylation sites is 1. The van der Waals surface area contributed by atoms with Gasteiger partial charge in [0.05, 0.1) is 18.5 Å². The molecule has 0 saturated carbocycles. The lowest BCUT2D eigenvalue weighted by Crippen LogP contribution is -2.47. The molecule has 10 heteroatoms. The Kier molecular flexibility index (Phi) is 9.37. The molecule has 1 aromatic heterocycles. The first kappa shape index (κ1) is 25.9. The lowest BCUT2D eigenvalue weighted by atomic mass is 10.2. The molecule has 2 heterocycles. The van der Waals surface area contributed by atoms with Crippen LogP contribution in [0.4, 0.5) is 23.1 Å². The molecule has 0 atom stereocenters. The molecular formula is C25H32ClN7O2. The number of benzene rings is 2. The molecule has 0 aliphatic carbocycles. The number of ether oxygens (including phenoxy) is 1. The Labute approximate surface area is 212 Å². The van der Waals surface area contributed by atoms with E-state index < -0.39 is 0 Å². The minimum Gasteiger partial charge on any atom is -0.493 e. The van der Waals surface area contributed by atoms with Crippen molar-refractivity contribution in [3.63, 3.8) is 0 Å². The highest BCUT2D eigenvalue weighted by molar-refractivity contribution is 5.85. The van der Waals surface area contributed by atoms with Gasteiger partial charge in [0.1, 0.15) is 18.0 Å². The van der Waals surface area contributed by atoms with Gasteiger partial charge in [0, 0.05) is 38.3 Å². The van der Waals surface area contributed by atoms with Crippen LogP contribution < -0.4 is 26.0 Å². The van der Waals surface area contributed by atoms with E-state index in [1.165, 1.54) is 5.69 Å². The molecule has 3 aromatic rings. The Morgan fingerprint density at radius 1 is 0.914 bits per heavy atom. The van der Waals surface area contributed by atoms with E-state index in [4.69, 9.17) is 21.0 Å². The Morgan fingerprint density at radius 3 is 2.29 bits per heavy atom. The molecule has 1 saturated heterocycles. The normalized spacial score (nSPS) is 13.5. The van der Waals surface area contributed by atoms with Crippen LogP contribution in [-0.2, 0) is 4.84 Å². The number of nitrogens with two attached hydrogens (primary N) is 2. The van der Waals surface area contributed by atoms with Crippen molar-refractivity contribution in [3.8, 4) is 5.75 Å². The van der Waals surface area contributed by atoms with Crippen molar-refractivity contribution < 1.29 is 9.57 Å². The van der Waals surface area contributed by atoms with Crippen molar-refractivity contribution in [2.24, 2.45) is 5.16 Å². The summed E-state index contributed by atoms with van der Waals surface area (Å²) in [6, 6.07) is 18.1. The Hall–Kier alpha value is -3.72. The maximum atomic E-state index is 6.10. The number of aryl methyl sites for hydroxylation is 1. The predicted octanol–water partition coefficient (Wildman–Crippen LogP) is 3.52. The fourth-order valence-electron chi connectivity index (χ4n) is 3.94. The topological polar surface area (TPSA) is 115 Å². The third-order valence-electron chi connectivity index (χ3n) is 5.62. The van der Waals surface area contributed by atoms with Crippen molar-refractivity contribution >= 4 is 41.8 Å². The molecule has 1 aliphatic heterocycles. The quantitative estimate of drug-likeness (QED) is 0.262. The van der Waals surface area contributed by atoms with Crippen LogP contribution in [0.1, 0.15) is 17.7 Å². The highest BCUT2D eigenvalue weighted by Gasteiger charge is 2.22. The highest BCUT2D eigenvalue weighted by Crippen LogP contribution is 2.27. The number of halogens is 1. The van der Waals surface area contributed by atoms with Crippen LogP contribution in [0.3, 0.4) is 0 Å². The summed E-state index contributed by atoms with van der Waals surface area (Å²) in [5, 5.41) is 4.06. The molecule has 35 heavy (non-hydrogen) atoms. The van der Waals surface area contributed by atoms with Gasteiger partial charge in [-0.2, -0.15) is 4.98 Å². The largest absolute Gasteiger partial charge is 0.493 e. The number of piperazine rings is 1. The van der Waals surface area contributed by atoms with Gasteiger partial charge in [-0.1, -0.05) is 35.5 Å². The lowest BCUT2D eigenvalue weighted by molar-refractivity contribution is 0.129. The lowest BCUT2D eigenvalue weighted by Gasteiger charge is -2.38. The minimum absolute atomic E-state index is 0. The molecule has 9 nitrogen and oxygen atoms in total. The van der Waals surface area contributed by atoms with E-state index in [0.29, 0.717) is 19.0 Å². The second-order valence-electron chi connectivity index (χ2n) is 8.05. The van der Waals surface area contributed by atoms with Gasteiger partial charge in [0.2, 0.25) is 5.95 Å². The average Bonchev–Trinajstić information content (AvgIpc) is 2.84. The number of nitrogens with zero attached hydrogens (tertiary/aromatic N) is 5. The van der Waals surface area contributed by atoms with Crippen molar-refractivity contribution in [1.29, 1.82) is 0 Å². The fourth-order valence-corrected chi connectivity index (χ4v) is 3.94. The number of aromatic nitrogens is 2. The molecular weight excluding hydrogens is 466 g/mol. The maximum Gasteiger partial charge on any atom is 0.222 e. The van der Waals surface area contributed by atoms with Crippen LogP contribution in [0.15, 0.2) is 59.8 Å². The highest BCUT2D eigenvalue weighted by atomic mass is 35.5. The van der Waals surface area contributed by atoms with E-state index in [2.05, 4.69) is 37.1 Å². The van der Waals surface area contributed by atoms with Crippen molar-refractivity contribution in [2.75, 3.05) is 60.7 Å². The third-order valence-corrected chi connectivity index (χ3v) is 5.62. The Bertz CT molecular complexity index is 1070. The number of hydrogen-bond acceptors (Lipinski definition) is 9. The van der Waals surface area contributed by atoms with Crippen LogP contribution >= 0.6 is 12.4 Å². The fraction of sp³-hybridized carbons (Fsp3) is 0.320. The first-order valence-electron chi connectivity index (χ1n) is 11.4. The molecule has 1 fully saturated rings. The summed E-state index contributed by atoms with van der Waals surface area (Å²) < 4.78 is 5.63. The molecule has 4 N–H and O–H groups in total. The van der Waals surface area contributed by atoms with Gasteiger partial charge in [-0.3, -0.25) is 0 Å². The van der Waals surface area contributed by atoms with E-state index in [1.54, 1.807) is 6.21 Å². The molecule has 0 spiro atoms. The zero-order valence-electron chi connectivity index (χ0n) is 19.8. The monoisotopic (exact) mass is 497 g/mol. The van der Waals surface area contributed by atoms with E-state index in [-0.39, 0.29) is 18.4 Å². The van der Waals surface area contributed by atoms with Crippen molar-refractivity contribution in [3.05, 3.63) is 65.9 Å². The van der Waals surface area contributed by atoms with Crippen molar-refractivity contribution in [1.82, 2.24) is 9.97 Å². The second kappa shape index (κ2) is 12.7. The standard InChI is InChI=1S/C25H31N7O2.ClH/c1-19-23(24(26)30-25(27)29-19)32-14-12-31(13-15-32)21-10-8-20(9-11-21)18-28-34-17-5-16-33-22-6-3-2-4-7-22;/h2-4,6-11,18H,5,12-17H2,1H3,(H4,26,27,29,30);1H. The first-order chi connectivity index (χ1) is 16.6. The average molecular weight is 498 g/mol. The summed E-state index contributed by atoms with van der Waals surface area (Å²) in [4.78, 5) is 18.3. The molecule has 186 valence electrons. The summed E-state index contributed by atoms with van der Waals surface area (Å²) in [7, 11) is 0. The molecule has 0 bridgehead atoms. The van der Waals surface area contributed by atoms with Gasteiger partial charge < -0.3 is 30.8 Å². The number of oxime groups is 1. The third kappa shape index (κ3) is 7.13. The van der Waals surface area contributed by atoms with E-state index >= 15 is 0 Å². The molecule has 4 rings (SSSR count). The first-order valence-corrected chi connectivity index (χ1v) is 11.4. The van der Waals surface area contributed by atoms with E-state index in [1.807, 2.05) is 49.4 Å². The van der Waals surface area contributed by atoms with Gasteiger partial charge in [0.15, 0.2) is 5.82 Å². The maximum absolute atomic E-state index is 6.10. The van der Waals surface area contributed by atoms with Crippen LogP contribution in [0.2, 0.25) is 0 Å². The predicted molar refractivity (Wildman–Crippen MR) is 144 cm³/mol. The van der Waals surface area contributed by atoms with Crippen LogP contribution in [0.25, 0.3) is 0 Å². The molecule has 0 unspecified atom stereocenters. The molecule has 2 aromatic carbocycles. The van der Waals surface area contributed by atoms with Crippen LogP contribution in [0.5, 0.6) is 5.75 Å². The van der Waals surface area contributed by atoms with Gasteiger partial charge in [0.25, 0.3) is 0 Å². The number of anilines is 4. The van der Waals surface area contributed by atoms with Gasteiger partial charge in [-0.05, 0) is 36.8 Å². The smallest absolute Gasteiger partial charge is 0.222 e. The van der Waals surface area contributed by atoms with Crippen LogP contribution in [-0.4, -0.2) is 55.6 Å².